The van der Waals surface area contributed by atoms with Gasteiger partial charge < -0.3 is 10.6 Å². The molecule has 1 aliphatic carbocycles. The highest BCUT2D eigenvalue weighted by atomic mass is 16.2. The van der Waals surface area contributed by atoms with Crippen molar-refractivity contribution in [2.45, 2.75) is 51.4 Å². The number of rotatable bonds is 3. The summed E-state index contributed by atoms with van der Waals surface area (Å²) in [7, 11) is 0. The minimum atomic E-state index is -0.504. The van der Waals surface area contributed by atoms with Crippen LogP contribution in [0.15, 0.2) is 6.20 Å². The molecule has 1 aromatic heterocycles. The molecule has 0 spiro atoms. The summed E-state index contributed by atoms with van der Waals surface area (Å²) >= 11 is 0. The minimum absolute atomic E-state index is 0.148. The summed E-state index contributed by atoms with van der Waals surface area (Å²) < 4.78 is 0. The van der Waals surface area contributed by atoms with E-state index >= 15 is 0 Å². The Bertz CT molecular complexity index is 611. The van der Waals surface area contributed by atoms with Crippen LogP contribution in [-0.4, -0.2) is 39.8 Å². The number of carbonyl (C=O) groups excluding carboxylic acids is 2. The van der Waals surface area contributed by atoms with Crippen molar-refractivity contribution < 1.29 is 9.59 Å². The molecule has 0 radical (unpaired) electrons. The van der Waals surface area contributed by atoms with E-state index in [4.69, 9.17) is 5.73 Å². The third-order valence-electron chi connectivity index (χ3n) is 5.07. The van der Waals surface area contributed by atoms with Gasteiger partial charge in [0.05, 0.1) is 11.3 Å². The zero-order chi connectivity index (χ0) is 16.4. The number of carbonyl (C=O) groups is 2. The first-order valence-electron chi connectivity index (χ1n) is 8.48. The average molecular weight is 316 g/mol. The van der Waals surface area contributed by atoms with Crippen LogP contribution < -0.4 is 5.73 Å². The molecule has 3 rings (SSSR count). The molecule has 6 heteroatoms. The number of hydrogen-bond donors (Lipinski definition) is 1. The van der Waals surface area contributed by atoms with Crippen LogP contribution in [0.4, 0.5) is 0 Å². The quantitative estimate of drug-likeness (QED) is 0.920. The van der Waals surface area contributed by atoms with Gasteiger partial charge in [-0.05, 0) is 32.6 Å². The van der Waals surface area contributed by atoms with E-state index in [0.717, 1.165) is 38.1 Å². The van der Waals surface area contributed by atoms with E-state index in [1.54, 1.807) is 6.92 Å². The minimum Gasteiger partial charge on any atom is -0.365 e. The lowest BCUT2D eigenvalue weighted by Gasteiger charge is -2.33. The van der Waals surface area contributed by atoms with E-state index in [1.165, 1.54) is 19.0 Å². The number of aryl methyl sites for hydroxylation is 1. The fourth-order valence-corrected chi connectivity index (χ4v) is 3.74. The van der Waals surface area contributed by atoms with E-state index < -0.39 is 5.91 Å². The van der Waals surface area contributed by atoms with Crippen LogP contribution in [0.1, 0.15) is 66.3 Å². The Hall–Kier alpha value is -1.98. The van der Waals surface area contributed by atoms with Gasteiger partial charge in [0.2, 0.25) is 5.91 Å². The van der Waals surface area contributed by atoms with E-state index in [1.807, 2.05) is 4.90 Å². The zero-order valence-electron chi connectivity index (χ0n) is 13.6. The van der Waals surface area contributed by atoms with Crippen LogP contribution in [0.25, 0.3) is 0 Å². The van der Waals surface area contributed by atoms with Crippen LogP contribution >= 0.6 is 0 Å². The second-order valence-corrected chi connectivity index (χ2v) is 6.70. The molecule has 1 atom stereocenters. The lowest BCUT2D eigenvalue weighted by molar-refractivity contribution is -0.136. The molecule has 0 unspecified atom stereocenters. The Morgan fingerprint density at radius 1 is 1.22 bits per heavy atom. The van der Waals surface area contributed by atoms with Crippen molar-refractivity contribution in [2.24, 2.45) is 11.7 Å². The number of aromatic nitrogens is 2. The van der Waals surface area contributed by atoms with Crippen LogP contribution in [0.3, 0.4) is 0 Å². The molecular weight excluding hydrogens is 292 g/mol. The molecule has 2 N–H and O–H groups in total. The zero-order valence-corrected chi connectivity index (χ0v) is 13.6. The van der Waals surface area contributed by atoms with Crippen LogP contribution in [0, 0.1) is 12.8 Å². The third-order valence-corrected chi connectivity index (χ3v) is 5.07. The van der Waals surface area contributed by atoms with Crippen LogP contribution in [0.5, 0.6) is 0 Å². The van der Waals surface area contributed by atoms with E-state index in [9.17, 15) is 9.59 Å². The molecule has 2 amide bonds. The van der Waals surface area contributed by atoms with Gasteiger partial charge in [0, 0.05) is 31.1 Å². The molecule has 2 heterocycles. The number of nitrogens with two attached hydrogens (primary N) is 1. The van der Waals surface area contributed by atoms with Gasteiger partial charge in [0.1, 0.15) is 5.82 Å². The monoisotopic (exact) mass is 316 g/mol. The molecule has 0 aromatic carbocycles. The standard InChI is InChI=1S/C17H24N4O2/c1-11-14(15(18)22)9-19-16(20-11)13-7-4-8-21(10-13)17(23)12-5-2-3-6-12/h9,12-13H,2-8,10H2,1H3,(H2,18,22)/t13-/m0/s1. The maximum Gasteiger partial charge on any atom is 0.252 e. The number of piperidine rings is 1. The fraction of sp³-hybridized carbons (Fsp3) is 0.647. The van der Waals surface area contributed by atoms with Gasteiger partial charge in [-0.25, -0.2) is 9.97 Å². The summed E-state index contributed by atoms with van der Waals surface area (Å²) in [5.74, 6) is 0.883. The molecule has 2 aliphatic rings. The van der Waals surface area contributed by atoms with Crippen LogP contribution in [-0.2, 0) is 4.79 Å². The summed E-state index contributed by atoms with van der Waals surface area (Å²) in [6.45, 7) is 3.30. The predicted octanol–water partition coefficient (Wildman–Crippen LogP) is 1.78. The molecule has 124 valence electrons. The fourth-order valence-electron chi connectivity index (χ4n) is 3.74. The first-order valence-corrected chi connectivity index (χ1v) is 8.48. The van der Waals surface area contributed by atoms with Crippen LogP contribution in [0.2, 0.25) is 0 Å². The number of hydrogen-bond acceptors (Lipinski definition) is 4. The predicted molar refractivity (Wildman–Crippen MR) is 85.8 cm³/mol. The number of nitrogens with zero attached hydrogens (tertiary/aromatic N) is 3. The smallest absolute Gasteiger partial charge is 0.252 e. The van der Waals surface area contributed by atoms with Crippen molar-refractivity contribution in [3.05, 3.63) is 23.3 Å². The van der Waals surface area contributed by atoms with Gasteiger partial charge in [-0.1, -0.05) is 12.8 Å². The highest BCUT2D eigenvalue weighted by Gasteiger charge is 2.32. The lowest BCUT2D eigenvalue weighted by atomic mass is 9.95. The molecule has 1 aliphatic heterocycles. The summed E-state index contributed by atoms with van der Waals surface area (Å²) in [4.78, 5) is 34.7. The Morgan fingerprint density at radius 3 is 2.61 bits per heavy atom. The van der Waals surface area contributed by atoms with Gasteiger partial charge in [-0.3, -0.25) is 9.59 Å². The number of amides is 2. The molecule has 2 fully saturated rings. The first-order chi connectivity index (χ1) is 11.1. The van der Waals surface area contributed by atoms with Crippen molar-refractivity contribution in [2.75, 3.05) is 13.1 Å². The maximum absolute atomic E-state index is 12.6. The van der Waals surface area contributed by atoms with Crippen molar-refractivity contribution in [3.63, 3.8) is 0 Å². The van der Waals surface area contributed by atoms with Crippen molar-refractivity contribution in [1.29, 1.82) is 0 Å². The van der Waals surface area contributed by atoms with Gasteiger partial charge >= 0.3 is 0 Å². The molecular formula is C17H24N4O2. The van der Waals surface area contributed by atoms with E-state index in [-0.39, 0.29) is 11.8 Å². The van der Waals surface area contributed by atoms with Gasteiger partial charge in [-0.2, -0.15) is 0 Å². The topological polar surface area (TPSA) is 89.2 Å². The molecule has 6 nitrogen and oxygen atoms in total. The SMILES string of the molecule is Cc1nc([C@H]2CCCN(C(=O)C3CCCC3)C2)ncc1C(N)=O. The largest absolute Gasteiger partial charge is 0.365 e. The highest BCUT2D eigenvalue weighted by Crippen LogP contribution is 2.30. The summed E-state index contributed by atoms with van der Waals surface area (Å²) in [6, 6.07) is 0. The second kappa shape index (κ2) is 6.64. The Morgan fingerprint density at radius 2 is 1.96 bits per heavy atom. The molecule has 23 heavy (non-hydrogen) atoms. The number of likely N-dealkylation sites (tertiary alicyclic amines) is 1. The Balaban J connectivity index is 1.72. The molecule has 1 saturated heterocycles. The maximum atomic E-state index is 12.6. The molecule has 1 aromatic rings. The molecule has 0 bridgehead atoms. The van der Waals surface area contributed by atoms with Crippen molar-refractivity contribution in [1.82, 2.24) is 14.9 Å². The normalized spacial score (nSPS) is 22.3. The lowest BCUT2D eigenvalue weighted by Crippen LogP contribution is -2.42. The van der Waals surface area contributed by atoms with E-state index in [0.29, 0.717) is 23.7 Å². The third kappa shape index (κ3) is 3.35. The van der Waals surface area contributed by atoms with E-state index in [2.05, 4.69) is 9.97 Å². The van der Waals surface area contributed by atoms with Crippen molar-refractivity contribution >= 4 is 11.8 Å². The highest BCUT2D eigenvalue weighted by molar-refractivity contribution is 5.93. The Labute approximate surface area is 136 Å². The molecule has 1 saturated carbocycles. The van der Waals surface area contributed by atoms with Gasteiger partial charge in [-0.15, -0.1) is 0 Å². The number of primary amides is 1. The van der Waals surface area contributed by atoms with Crippen molar-refractivity contribution in [3.8, 4) is 0 Å². The average Bonchev–Trinajstić information content (AvgIpc) is 3.08. The Kier molecular flexibility index (Phi) is 4.59. The summed E-state index contributed by atoms with van der Waals surface area (Å²) in [5, 5.41) is 0. The first kappa shape index (κ1) is 15.9. The van der Waals surface area contributed by atoms with Gasteiger partial charge in [0.15, 0.2) is 0 Å². The second-order valence-electron chi connectivity index (χ2n) is 6.70. The van der Waals surface area contributed by atoms with Gasteiger partial charge in [0.25, 0.3) is 5.91 Å². The summed E-state index contributed by atoms with van der Waals surface area (Å²) in [5.41, 5.74) is 6.28. The summed E-state index contributed by atoms with van der Waals surface area (Å²) in [6.07, 6.45) is 7.87.